The lowest BCUT2D eigenvalue weighted by Gasteiger charge is -2.38. The van der Waals surface area contributed by atoms with Gasteiger partial charge in [0.2, 0.25) is 0 Å². The second-order valence-corrected chi connectivity index (χ2v) is 3.76. The van der Waals surface area contributed by atoms with Crippen LogP contribution in [0.5, 0.6) is 0 Å². The van der Waals surface area contributed by atoms with E-state index < -0.39 is 23.0 Å². The van der Waals surface area contributed by atoms with Gasteiger partial charge in [0.1, 0.15) is 5.82 Å². The second-order valence-electron chi connectivity index (χ2n) is 3.76. The number of rotatable bonds is 1. The van der Waals surface area contributed by atoms with E-state index in [4.69, 9.17) is 5.73 Å². The molecular formula is C10H10F3N. The fourth-order valence-corrected chi connectivity index (χ4v) is 1.75. The van der Waals surface area contributed by atoms with E-state index in [9.17, 15) is 13.2 Å². The average Bonchev–Trinajstić information content (AvgIpc) is 2.07. The van der Waals surface area contributed by atoms with Crippen LogP contribution < -0.4 is 5.73 Å². The van der Waals surface area contributed by atoms with Crippen molar-refractivity contribution in [3.05, 3.63) is 35.1 Å². The van der Waals surface area contributed by atoms with Crippen molar-refractivity contribution in [2.75, 3.05) is 0 Å². The molecule has 0 atom stereocenters. The first-order valence-electron chi connectivity index (χ1n) is 4.47. The summed E-state index contributed by atoms with van der Waals surface area (Å²) in [6.07, 6.45) is 2.02. The molecule has 76 valence electrons. The fraction of sp³-hybridized carbons (Fsp3) is 0.400. The van der Waals surface area contributed by atoms with Crippen molar-refractivity contribution in [3.63, 3.8) is 0 Å². The van der Waals surface area contributed by atoms with E-state index in [1.807, 2.05) is 0 Å². The van der Waals surface area contributed by atoms with Crippen molar-refractivity contribution in [2.45, 2.75) is 24.8 Å². The summed E-state index contributed by atoms with van der Waals surface area (Å²) in [4.78, 5) is 0. The molecule has 4 heteroatoms. The molecular weight excluding hydrogens is 191 g/mol. The van der Waals surface area contributed by atoms with E-state index >= 15 is 0 Å². The van der Waals surface area contributed by atoms with Crippen LogP contribution in [0.25, 0.3) is 0 Å². The van der Waals surface area contributed by atoms with Crippen molar-refractivity contribution in [1.82, 2.24) is 0 Å². The van der Waals surface area contributed by atoms with Crippen molar-refractivity contribution < 1.29 is 13.2 Å². The molecule has 1 aromatic rings. The summed E-state index contributed by atoms with van der Waals surface area (Å²) in [5.41, 5.74) is 4.88. The van der Waals surface area contributed by atoms with Gasteiger partial charge in [-0.15, -0.1) is 0 Å². The number of hydrogen-bond donors (Lipinski definition) is 1. The smallest absolute Gasteiger partial charge is 0.164 e. The van der Waals surface area contributed by atoms with Crippen LogP contribution >= 0.6 is 0 Å². The first-order valence-corrected chi connectivity index (χ1v) is 4.47. The van der Waals surface area contributed by atoms with Crippen LogP contribution in [-0.2, 0) is 5.54 Å². The lowest BCUT2D eigenvalue weighted by Crippen LogP contribution is -2.44. The van der Waals surface area contributed by atoms with Gasteiger partial charge in [-0.1, -0.05) is 0 Å². The van der Waals surface area contributed by atoms with Crippen molar-refractivity contribution in [1.29, 1.82) is 0 Å². The fourth-order valence-electron chi connectivity index (χ4n) is 1.75. The standard InChI is InChI=1S/C10H10F3N/c11-6-4-7(9(13)8(12)5-6)10(14)2-1-3-10/h4-5H,1-3,14H2. The predicted octanol–water partition coefficient (Wildman–Crippen LogP) is 2.44. The molecule has 1 saturated carbocycles. The topological polar surface area (TPSA) is 26.0 Å². The van der Waals surface area contributed by atoms with Crippen LogP contribution in [0.4, 0.5) is 13.2 Å². The van der Waals surface area contributed by atoms with Crippen LogP contribution in [0, 0.1) is 17.5 Å². The van der Waals surface area contributed by atoms with E-state index in [0.29, 0.717) is 18.9 Å². The Bertz CT molecular complexity index is 372. The predicted molar refractivity (Wildman–Crippen MR) is 46.0 cm³/mol. The highest BCUT2D eigenvalue weighted by molar-refractivity contribution is 5.29. The quantitative estimate of drug-likeness (QED) is 0.694. The Labute approximate surface area is 79.7 Å². The van der Waals surface area contributed by atoms with Gasteiger partial charge in [-0.2, -0.15) is 0 Å². The summed E-state index contributed by atoms with van der Waals surface area (Å²) in [5, 5.41) is 0. The minimum absolute atomic E-state index is 0.0405. The van der Waals surface area contributed by atoms with Crippen LogP contribution in [-0.4, -0.2) is 0 Å². The normalized spacial score (nSPS) is 19.1. The molecule has 0 saturated heterocycles. The lowest BCUT2D eigenvalue weighted by molar-refractivity contribution is 0.241. The van der Waals surface area contributed by atoms with E-state index in [0.717, 1.165) is 12.5 Å². The minimum atomic E-state index is -1.17. The summed E-state index contributed by atoms with van der Waals surface area (Å²) >= 11 is 0. The van der Waals surface area contributed by atoms with Gasteiger partial charge in [0.15, 0.2) is 11.6 Å². The van der Waals surface area contributed by atoms with Gasteiger partial charge in [0.05, 0.1) is 0 Å². The van der Waals surface area contributed by atoms with Crippen LogP contribution in [0.15, 0.2) is 12.1 Å². The molecule has 2 N–H and O–H groups in total. The Morgan fingerprint density at radius 1 is 1.14 bits per heavy atom. The van der Waals surface area contributed by atoms with Crippen molar-refractivity contribution in [3.8, 4) is 0 Å². The zero-order valence-corrected chi connectivity index (χ0v) is 7.49. The summed E-state index contributed by atoms with van der Waals surface area (Å²) in [7, 11) is 0. The molecule has 1 aliphatic carbocycles. The summed E-state index contributed by atoms with van der Waals surface area (Å²) < 4.78 is 39.0. The molecule has 1 aliphatic rings. The SMILES string of the molecule is NC1(c2cc(F)cc(F)c2F)CCC1. The maximum atomic E-state index is 13.3. The Morgan fingerprint density at radius 3 is 2.29 bits per heavy atom. The molecule has 0 unspecified atom stereocenters. The number of benzene rings is 1. The average molecular weight is 201 g/mol. The van der Waals surface area contributed by atoms with Crippen molar-refractivity contribution in [2.24, 2.45) is 5.73 Å². The molecule has 0 heterocycles. The third-order valence-corrected chi connectivity index (χ3v) is 2.78. The summed E-state index contributed by atoms with van der Waals surface area (Å²) in [5.74, 6) is -2.97. The highest BCUT2D eigenvalue weighted by Crippen LogP contribution is 2.40. The highest BCUT2D eigenvalue weighted by atomic mass is 19.2. The molecule has 1 aromatic carbocycles. The maximum Gasteiger partial charge on any atom is 0.164 e. The van der Waals surface area contributed by atoms with Gasteiger partial charge >= 0.3 is 0 Å². The van der Waals surface area contributed by atoms with Gasteiger partial charge in [0, 0.05) is 17.2 Å². The molecule has 0 aromatic heterocycles. The Hall–Kier alpha value is -1.03. The van der Waals surface area contributed by atoms with E-state index in [2.05, 4.69) is 0 Å². The maximum absolute atomic E-state index is 13.3. The van der Waals surface area contributed by atoms with Crippen molar-refractivity contribution >= 4 is 0 Å². The van der Waals surface area contributed by atoms with E-state index in [-0.39, 0.29) is 5.56 Å². The van der Waals surface area contributed by atoms with Gasteiger partial charge in [-0.3, -0.25) is 0 Å². The largest absolute Gasteiger partial charge is 0.321 e. The first-order chi connectivity index (χ1) is 6.53. The summed E-state index contributed by atoms with van der Waals surface area (Å²) in [6.45, 7) is 0. The molecule has 1 fully saturated rings. The Balaban J connectivity index is 2.51. The Kier molecular flexibility index (Phi) is 2.03. The van der Waals surface area contributed by atoms with E-state index in [1.54, 1.807) is 0 Å². The number of nitrogens with two attached hydrogens (primary N) is 1. The molecule has 0 bridgehead atoms. The molecule has 1 nitrogen and oxygen atoms in total. The molecule has 2 rings (SSSR count). The molecule has 0 aliphatic heterocycles. The van der Waals surface area contributed by atoms with Crippen LogP contribution in [0.1, 0.15) is 24.8 Å². The zero-order chi connectivity index (χ0) is 10.3. The minimum Gasteiger partial charge on any atom is -0.321 e. The van der Waals surface area contributed by atoms with Crippen LogP contribution in [0.3, 0.4) is 0 Å². The van der Waals surface area contributed by atoms with Gasteiger partial charge in [-0.25, -0.2) is 13.2 Å². The van der Waals surface area contributed by atoms with Gasteiger partial charge in [0.25, 0.3) is 0 Å². The third kappa shape index (κ3) is 1.30. The molecule has 0 amide bonds. The Morgan fingerprint density at radius 2 is 1.79 bits per heavy atom. The zero-order valence-electron chi connectivity index (χ0n) is 7.49. The first kappa shape index (κ1) is 9.52. The second kappa shape index (κ2) is 2.98. The number of hydrogen-bond acceptors (Lipinski definition) is 1. The molecule has 0 radical (unpaired) electrons. The summed E-state index contributed by atoms with van der Waals surface area (Å²) in [6, 6.07) is 1.51. The van der Waals surface area contributed by atoms with Gasteiger partial charge < -0.3 is 5.73 Å². The number of halogens is 3. The van der Waals surface area contributed by atoms with Gasteiger partial charge in [-0.05, 0) is 25.3 Å². The lowest BCUT2D eigenvalue weighted by atomic mass is 9.72. The molecule has 0 spiro atoms. The highest BCUT2D eigenvalue weighted by Gasteiger charge is 2.37. The van der Waals surface area contributed by atoms with Crippen LogP contribution in [0.2, 0.25) is 0 Å². The molecule has 14 heavy (non-hydrogen) atoms. The monoisotopic (exact) mass is 201 g/mol. The van der Waals surface area contributed by atoms with E-state index in [1.165, 1.54) is 0 Å². The third-order valence-electron chi connectivity index (χ3n) is 2.78.